The number of carboxylic acids is 1. The van der Waals surface area contributed by atoms with Gasteiger partial charge >= 0.3 is 5.97 Å². The van der Waals surface area contributed by atoms with Gasteiger partial charge in [0, 0.05) is 40.0 Å². The van der Waals surface area contributed by atoms with Crippen LogP contribution in [0.1, 0.15) is 32.6 Å². The van der Waals surface area contributed by atoms with E-state index >= 15 is 0 Å². The van der Waals surface area contributed by atoms with E-state index in [2.05, 4.69) is 10.2 Å². The third-order valence-electron chi connectivity index (χ3n) is 4.31. The number of aliphatic carboxylic acids is 1. The molecule has 0 aromatic heterocycles. The third-order valence-corrected chi connectivity index (χ3v) is 4.31. The van der Waals surface area contributed by atoms with Gasteiger partial charge < -0.3 is 19.9 Å². The van der Waals surface area contributed by atoms with E-state index in [9.17, 15) is 9.90 Å². The van der Waals surface area contributed by atoms with Gasteiger partial charge in [-0.2, -0.15) is 0 Å². The Labute approximate surface area is 127 Å². The van der Waals surface area contributed by atoms with Crippen molar-refractivity contribution in [2.45, 2.75) is 44.2 Å². The van der Waals surface area contributed by atoms with Crippen molar-refractivity contribution in [3.05, 3.63) is 0 Å². The van der Waals surface area contributed by atoms with E-state index in [1.165, 1.54) is 0 Å². The number of likely N-dealkylation sites (N-methyl/N-ethyl adjacent to an activating group) is 1. The van der Waals surface area contributed by atoms with Crippen LogP contribution < -0.4 is 5.32 Å². The fraction of sp³-hybridized carbons (Fsp3) is 0.933. The minimum atomic E-state index is -0.758. The summed E-state index contributed by atoms with van der Waals surface area (Å²) in [5.41, 5.74) is -0.758. The second-order valence-electron chi connectivity index (χ2n) is 5.69. The molecule has 0 saturated heterocycles. The fourth-order valence-electron chi connectivity index (χ4n) is 3.20. The van der Waals surface area contributed by atoms with Gasteiger partial charge in [0.1, 0.15) is 5.54 Å². The van der Waals surface area contributed by atoms with Crippen LogP contribution in [0.4, 0.5) is 0 Å². The van der Waals surface area contributed by atoms with Crippen molar-refractivity contribution in [3.63, 3.8) is 0 Å². The van der Waals surface area contributed by atoms with Gasteiger partial charge in [0.05, 0.1) is 6.61 Å². The Bertz CT molecular complexity index is 314. The summed E-state index contributed by atoms with van der Waals surface area (Å²) in [6.07, 6.45) is 3.22. The lowest BCUT2D eigenvalue weighted by Crippen LogP contribution is -2.51. The Balaban J connectivity index is 2.63. The summed E-state index contributed by atoms with van der Waals surface area (Å²) in [7, 11) is 3.40. The molecule has 124 valence electrons. The zero-order valence-electron chi connectivity index (χ0n) is 13.6. The van der Waals surface area contributed by atoms with E-state index in [1.54, 1.807) is 14.2 Å². The lowest BCUT2D eigenvalue weighted by atomic mass is 9.97. The molecule has 0 aromatic rings. The van der Waals surface area contributed by atoms with Crippen LogP contribution >= 0.6 is 0 Å². The monoisotopic (exact) mass is 302 g/mol. The van der Waals surface area contributed by atoms with Crippen LogP contribution in [0.25, 0.3) is 0 Å². The molecule has 1 rings (SSSR count). The number of carbonyl (C=O) groups is 1. The molecule has 1 aliphatic rings. The number of ether oxygens (including phenoxy) is 2. The predicted molar refractivity (Wildman–Crippen MR) is 81.6 cm³/mol. The zero-order chi connectivity index (χ0) is 15.7. The number of nitrogens with one attached hydrogen (secondary N) is 1. The highest BCUT2D eigenvalue weighted by molar-refractivity contribution is 5.79. The summed E-state index contributed by atoms with van der Waals surface area (Å²) >= 11 is 0. The van der Waals surface area contributed by atoms with Gasteiger partial charge in [-0.05, 0) is 32.2 Å². The molecule has 0 spiro atoms. The number of hydrogen-bond donors (Lipinski definition) is 2. The largest absolute Gasteiger partial charge is 0.480 e. The molecule has 2 N–H and O–H groups in total. The molecule has 0 heterocycles. The highest BCUT2D eigenvalue weighted by Gasteiger charge is 2.46. The molecule has 0 aromatic carbocycles. The molecule has 2 atom stereocenters. The third kappa shape index (κ3) is 5.21. The van der Waals surface area contributed by atoms with Crippen LogP contribution in [0.3, 0.4) is 0 Å². The zero-order valence-corrected chi connectivity index (χ0v) is 13.6. The summed E-state index contributed by atoms with van der Waals surface area (Å²) in [6.45, 7) is 5.80. The first-order chi connectivity index (χ1) is 10.1. The maximum atomic E-state index is 11.6. The van der Waals surface area contributed by atoms with Crippen LogP contribution in [0, 0.1) is 0 Å². The normalized spacial score (nSPS) is 25.6. The van der Waals surface area contributed by atoms with Gasteiger partial charge in [0.2, 0.25) is 0 Å². The maximum Gasteiger partial charge on any atom is 0.323 e. The molecule has 1 aliphatic carbocycles. The average Bonchev–Trinajstić information content (AvgIpc) is 2.88. The molecule has 1 saturated carbocycles. The average molecular weight is 302 g/mol. The van der Waals surface area contributed by atoms with Crippen LogP contribution in [-0.2, 0) is 14.3 Å². The molecule has 0 radical (unpaired) electrons. The fourth-order valence-corrected chi connectivity index (χ4v) is 3.20. The van der Waals surface area contributed by atoms with E-state index in [0.29, 0.717) is 32.0 Å². The van der Waals surface area contributed by atoms with Crippen LogP contribution in [-0.4, -0.2) is 74.6 Å². The Hall–Kier alpha value is -0.690. The van der Waals surface area contributed by atoms with E-state index in [4.69, 9.17) is 9.47 Å². The Morgan fingerprint density at radius 2 is 2.05 bits per heavy atom. The van der Waals surface area contributed by atoms with E-state index in [0.717, 1.165) is 32.5 Å². The lowest BCUT2D eigenvalue weighted by Gasteiger charge is -2.31. The van der Waals surface area contributed by atoms with Crippen molar-refractivity contribution in [2.75, 3.05) is 47.1 Å². The van der Waals surface area contributed by atoms with Crippen LogP contribution in [0.2, 0.25) is 0 Å². The highest BCUT2D eigenvalue weighted by Crippen LogP contribution is 2.33. The van der Waals surface area contributed by atoms with Crippen molar-refractivity contribution in [1.82, 2.24) is 10.2 Å². The van der Waals surface area contributed by atoms with E-state index in [-0.39, 0.29) is 0 Å². The van der Waals surface area contributed by atoms with Crippen molar-refractivity contribution < 1.29 is 19.4 Å². The molecule has 2 unspecified atom stereocenters. The van der Waals surface area contributed by atoms with Gasteiger partial charge in [-0.15, -0.1) is 0 Å². The smallest absolute Gasteiger partial charge is 0.323 e. The van der Waals surface area contributed by atoms with Crippen molar-refractivity contribution in [1.29, 1.82) is 0 Å². The second kappa shape index (κ2) is 9.35. The van der Waals surface area contributed by atoms with Crippen LogP contribution in [0.5, 0.6) is 0 Å². The maximum absolute atomic E-state index is 11.6. The molecule has 1 fully saturated rings. The summed E-state index contributed by atoms with van der Waals surface area (Å²) < 4.78 is 10.3. The van der Waals surface area contributed by atoms with Gasteiger partial charge in [-0.1, -0.05) is 6.92 Å². The summed E-state index contributed by atoms with van der Waals surface area (Å²) in [6, 6.07) is 0.298. The first-order valence-electron chi connectivity index (χ1n) is 7.80. The number of hydrogen-bond acceptors (Lipinski definition) is 5. The number of carboxylic acid groups (broad SMARTS) is 1. The van der Waals surface area contributed by atoms with E-state index < -0.39 is 11.5 Å². The molecule has 6 heteroatoms. The first kappa shape index (κ1) is 18.4. The number of rotatable bonds is 11. The minimum absolute atomic E-state index is 0.298. The molecule has 6 nitrogen and oxygen atoms in total. The molecule has 0 aliphatic heterocycles. The Morgan fingerprint density at radius 1 is 1.33 bits per heavy atom. The molecule has 21 heavy (non-hydrogen) atoms. The number of nitrogens with zero attached hydrogens (tertiary/aromatic N) is 1. The molecule has 0 amide bonds. The Kier molecular flexibility index (Phi) is 8.18. The Morgan fingerprint density at radius 3 is 2.62 bits per heavy atom. The summed E-state index contributed by atoms with van der Waals surface area (Å²) in [5.74, 6) is -0.726. The lowest BCUT2D eigenvalue weighted by molar-refractivity contribution is -0.144. The van der Waals surface area contributed by atoms with Gasteiger partial charge in [0.15, 0.2) is 0 Å². The first-order valence-corrected chi connectivity index (χ1v) is 7.80. The molecular weight excluding hydrogens is 272 g/mol. The quantitative estimate of drug-likeness (QED) is 0.554. The summed E-state index contributed by atoms with van der Waals surface area (Å²) in [4.78, 5) is 14.0. The SMILES string of the molecule is CCNC1(C(=O)O)CCC(N(CCCOC)CCOC)C1. The van der Waals surface area contributed by atoms with Gasteiger partial charge in [-0.25, -0.2) is 0 Å². The van der Waals surface area contributed by atoms with Crippen LogP contribution in [0.15, 0.2) is 0 Å². The van der Waals surface area contributed by atoms with Gasteiger partial charge in [0.25, 0.3) is 0 Å². The van der Waals surface area contributed by atoms with Gasteiger partial charge in [-0.3, -0.25) is 9.69 Å². The predicted octanol–water partition coefficient (Wildman–Crippen LogP) is 0.957. The van der Waals surface area contributed by atoms with Crippen molar-refractivity contribution >= 4 is 5.97 Å². The highest BCUT2D eigenvalue weighted by atomic mass is 16.5. The molecule has 0 bridgehead atoms. The van der Waals surface area contributed by atoms with Crippen molar-refractivity contribution in [2.24, 2.45) is 0 Å². The number of methoxy groups -OCH3 is 2. The van der Waals surface area contributed by atoms with Crippen molar-refractivity contribution in [3.8, 4) is 0 Å². The van der Waals surface area contributed by atoms with E-state index in [1.807, 2.05) is 6.92 Å². The minimum Gasteiger partial charge on any atom is -0.480 e. The second-order valence-corrected chi connectivity index (χ2v) is 5.69. The molecular formula is C15H30N2O4. The summed E-state index contributed by atoms with van der Waals surface area (Å²) in [5, 5.41) is 12.7. The topological polar surface area (TPSA) is 71.0 Å². The standard InChI is InChI=1S/C15H30N2O4/c1-4-16-15(14(18)19)7-6-13(12-15)17(9-11-21-3)8-5-10-20-2/h13,16H,4-12H2,1-3H3,(H,18,19).